The van der Waals surface area contributed by atoms with Crippen molar-refractivity contribution >= 4 is 5.91 Å². The Balaban J connectivity index is 2.05. The lowest BCUT2D eigenvalue weighted by atomic mass is 10.2. The van der Waals surface area contributed by atoms with E-state index in [1.165, 1.54) is 0 Å². The number of aliphatic hydroxyl groups excluding tert-OH is 1. The minimum atomic E-state index is -0.590. The van der Waals surface area contributed by atoms with Crippen molar-refractivity contribution in [1.29, 1.82) is 0 Å². The van der Waals surface area contributed by atoms with Gasteiger partial charge in [-0.3, -0.25) is 4.79 Å². The van der Waals surface area contributed by atoms with Crippen LogP contribution in [0.2, 0.25) is 0 Å². The maximum atomic E-state index is 11.7. The van der Waals surface area contributed by atoms with Crippen molar-refractivity contribution in [3.63, 3.8) is 0 Å². The average molecular weight is 206 g/mol. The molecule has 0 bridgehead atoms. The Labute approximate surface area is 88.1 Å². The third-order valence-electron chi connectivity index (χ3n) is 2.81. The maximum absolute atomic E-state index is 11.7. The zero-order chi connectivity index (χ0) is 10.9. The summed E-state index contributed by atoms with van der Waals surface area (Å²) in [6.45, 7) is -0.104. The first-order valence-corrected chi connectivity index (χ1v) is 4.92. The highest BCUT2D eigenvalue weighted by atomic mass is 16.3. The van der Waals surface area contributed by atoms with Crippen molar-refractivity contribution < 1.29 is 9.90 Å². The molecule has 0 heterocycles. The molecule has 1 fully saturated rings. The molecule has 1 aromatic carbocycles. The molecule has 1 saturated carbocycles. The van der Waals surface area contributed by atoms with E-state index in [2.05, 4.69) is 5.32 Å². The molecule has 4 nitrogen and oxygen atoms in total. The normalized spacial score (nSPS) is 28.5. The standard InChI is InChI=1S/C11H14N2O2/c12-9-6-11(9,7-14)13-10(15)8-4-2-1-3-5-8/h1-5,9,14H,6-7,12H2,(H,13,15). The fraction of sp³-hybridized carbons (Fsp3) is 0.364. The molecule has 2 unspecified atom stereocenters. The summed E-state index contributed by atoms with van der Waals surface area (Å²) in [6, 6.07) is 8.78. The summed E-state index contributed by atoms with van der Waals surface area (Å²) in [7, 11) is 0. The number of hydrogen-bond donors (Lipinski definition) is 3. The van der Waals surface area contributed by atoms with Gasteiger partial charge in [-0.15, -0.1) is 0 Å². The van der Waals surface area contributed by atoms with E-state index in [9.17, 15) is 4.79 Å². The van der Waals surface area contributed by atoms with E-state index in [4.69, 9.17) is 10.8 Å². The summed E-state index contributed by atoms with van der Waals surface area (Å²) in [5, 5.41) is 11.9. The SMILES string of the molecule is NC1CC1(CO)NC(=O)c1ccccc1. The molecule has 1 aliphatic rings. The second-order valence-electron chi connectivity index (χ2n) is 3.95. The summed E-state index contributed by atoms with van der Waals surface area (Å²) in [6.07, 6.45) is 0.641. The minimum absolute atomic E-state index is 0.104. The number of amides is 1. The van der Waals surface area contributed by atoms with Crippen molar-refractivity contribution in [2.24, 2.45) is 5.73 Å². The number of carbonyl (C=O) groups excluding carboxylic acids is 1. The predicted molar refractivity (Wildman–Crippen MR) is 56.3 cm³/mol. The summed E-state index contributed by atoms with van der Waals surface area (Å²) in [4.78, 5) is 11.7. The molecule has 1 aliphatic carbocycles. The number of benzene rings is 1. The summed E-state index contributed by atoms with van der Waals surface area (Å²) in [5.74, 6) is -0.183. The van der Waals surface area contributed by atoms with Gasteiger partial charge in [0.1, 0.15) is 0 Å². The highest BCUT2D eigenvalue weighted by Gasteiger charge is 2.52. The maximum Gasteiger partial charge on any atom is 0.251 e. The molecule has 0 radical (unpaired) electrons. The van der Waals surface area contributed by atoms with Crippen LogP contribution in [-0.4, -0.2) is 29.2 Å². The van der Waals surface area contributed by atoms with Crippen LogP contribution in [0.4, 0.5) is 0 Å². The average Bonchev–Trinajstić information content (AvgIpc) is 2.91. The van der Waals surface area contributed by atoms with Gasteiger partial charge in [-0.25, -0.2) is 0 Å². The monoisotopic (exact) mass is 206 g/mol. The van der Waals surface area contributed by atoms with Gasteiger partial charge in [-0.05, 0) is 18.6 Å². The zero-order valence-corrected chi connectivity index (χ0v) is 8.31. The largest absolute Gasteiger partial charge is 0.394 e. The van der Waals surface area contributed by atoms with Gasteiger partial charge in [0.25, 0.3) is 5.91 Å². The second kappa shape index (κ2) is 3.64. The number of hydrogen-bond acceptors (Lipinski definition) is 3. The highest BCUT2D eigenvalue weighted by Crippen LogP contribution is 2.33. The van der Waals surface area contributed by atoms with Gasteiger partial charge in [0.05, 0.1) is 12.1 Å². The Morgan fingerprint density at radius 2 is 2.13 bits per heavy atom. The van der Waals surface area contributed by atoms with Crippen molar-refractivity contribution in [2.45, 2.75) is 18.0 Å². The molecule has 80 valence electrons. The van der Waals surface area contributed by atoms with E-state index in [-0.39, 0.29) is 18.6 Å². The van der Waals surface area contributed by atoms with Gasteiger partial charge in [0.2, 0.25) is 0 Å². The van der Waals surface area contributed by atoms with E-state index in [1.807, 2.05) is 6.07 Å². The topological polar surface area (TPSA) is 75.3 Å². The summed E-state index contributed by atoms with van der Waals surface area (Å²) in [5.41, 5.74) is 5.66. The Morgan fingerprint density at radius 1 is 1.53 bits per heavy atom. The third-order valence-corrected chi connectivity index (χ3v) is 2.81. The summed E-state index contributed by atoms with van der Waals surface area (Å²) >= 11 is 0. The Bertz CT molecular complexity index is 362. The van der Waals surface area contributed by atoms with Crippen LogP contribution in [0, 0.1) is 0 Å². The van der Waals surface area contributed by atoms with Crippen LogP contribution in [0.3, 0.4) is 0 Å². The number of nitrogens with one attached hydrogen (secondary N) is 1. The third kappa shape index (κ3) is 1.86. The van der Waals surface area contributed by atoms with Crippen LogP contribution in [0.25, 0.3) is 0 Å². The van der Waals surface area contributed by atoms with Crippen LogP contribution in [-0.2, 0) is 0 Å². The first-order chi connectivity index (χ1) is 7.18. The number of nitrogens with two attached hydrogens (primary N) is 1. The van der Waals surface area contributed by atoms with E-state index in [1.54, 1.807) is 24.3 Å². The Hall–Kier alpha value is -1.39. The molecule has 0 aromatic heterocycles. The lowest BCUT2D eigenvalue weighted by molar-refractivity contribution is 0.0904. The quantitative estimate of drug-likeness (QED) is 0.645. The van der Waals surface area contributed by atoms with Crippen LogP contribution < -0.4 is 11.1 Å². The van der Waals surface area contributed by atoms with Gasteiger partial charge < -0.3 is 16.2 Å². The summed E-state index contributed by atoms with van der Waals surface area (Å²) < 4.78 is 0. The minimum Gasteiger partial charge on any atom is -0.394 e. The first kappa shape index (κ1) is 10.1. The molecular formula is C11H14N2O2. The van der Waals surface area contributed by atoms with Crippen LogP contribution in [0.1, 0.15) is 16.8 Å². The molecule has 15 heavy (non-hydrogen) atoms. The molecule has 2 atom stereocenters. The second-order valence-corrected chi connectivity index (χ2v) is 3.95. The van der Waals surface area contributed by atoms with Gasteiger partial charge >= 0.3 is 0 Å². The number of aliphatic hydroxyl groups is 1. The fourth-order valence-electron chi connectivity index (χ4n) is 1.59. The highest BCUT2D eigenvalue weighted by molar-refractivity contribution is 5.95. The molecule has 0 saturated heterocycles. The van der Waals surface area contributed by atoms with Gasteiger partial charge in [0.15, 0.2) is 0 Å². The molecule has 4 heteroatoms. The lowest BCUT2D eigenvalue weighted by Crippen LogP contribution is -2.44. The molecule has 4 N–H and O–H groups in total. The Kier molecular flexibility index (Phi) is 2.46. The molecular weight excluding hydrogens is 192 g/mol. The van der Waals surface area contributed by atoms with E-state index >= 15 is 0 Å². The predicted octanol–water partition coefficient (Wildman–Crippen LogP) is -0.122. The van der Waals surface area contributed by atoms with Crippen LogP contribution in [0.15, 0.2) is 30.3 Å². The van der Waals surface area contributed by atoms with Gasteiger partial charge in [-0.2, -0.15) is 0 Å². The zero-order valence-electron chi connectivity index (χ0n) is 8.31. The number of carbonyl (C=O) groups is 1. The van der Waals surface area contributed by atoms with E-state index < -0.39 is 5.54 Å². The molecule has 1 amide bonds. The molecule has 2 rings (SSSR count). The smallest absolute Gasteiger partial charge is 0.251 e. The molecule has 0 spiro atoms. The van der Waals surface area contributed by atoms with Crippen molar-refractivity contribution in [1.82, 2.24) is 5.32 Å². The van der Waals surface area contributed by atoms with Crippen molar-refractivity contribution in [3.8, 4) is 0 Å². The lowest BCUT2D eigenvalue weighted by Gasteiger charge is -2.15. The van der Waals surface area contributed by atoms with Gasteiger partial charge in [0, 0.05) is 11.6 Å². The number of rotatable bonds is 3. The van der Waals surface area contributed by atoms with Crippen molar-refractivity contribution in [3.05, 3.63) is 35.9 Å². The van der Waals surface area contributed by atoms with Gasteiger partial charge in [-0.1, -0.05) is 18.2 Å². The molecule has 0 aliphatic heterocycles. The first-order valence-electron chi connectivity index (χ1n) is 4.92. The van der Waals surface area contributed by atoms with E-state index in [0.29, 0.717) is 12.0 Å². The van der Waals surface area contributed by atoms with Crippen LogP contribution in [0.5, 0.6) is 0 Å². The Morgan fingerprint density at radius 3 is 2.60 bits per heavy atom. The van der Waals surface area contributed by atoms with Crippen LogP contribution >= 0.6 is 0 Å². The fourth-order valence-corrected chi connectivity index (χ4v) is 1.59. The van der Waals surface area contributed by atoms with E-state index in [0.717, 1.165) is 0 Å². The molecule has 1 aromatic rings. The van der Waals surface area contributed by atoms with Crippen molar-refractivity contribution in [2.75, 3.05) is 6.61 Å².